The minimum atomic E-state index is -0.665. The van der Waals surface area contributed by atoms with Gasteiger partial charge >= 0.3 is 11.8 Å². The Morgan fingerprint density at radius 2 is 1.62 bits per heavy atom. The summed E-state index contributed by atoms with van der Waals surface area (Å²) in [6, 6.07) is 18.9. The standard InChI is InChI=1S/C20H19N3O2S/c1-14-17(26-20(22-14)15-8-4-2-5-9-15)12-13-21-18(24)19(25)23-16-10-6-3-7-11-16/h2-11H,12-13H2,1H3,(H,21,24)(H,23,25). The molecule has 0 aliphatic carbocycles. The van der Waals surface area contributed by atoms with Crippen LogP contribution in [0.5, 0.6) is 0 Å². The molecule has 1 heterocycles. The lowest BCUT2D eigenvalue weighted by Crippen LogP contribution is -2.36. The van der Waals surface area contributed by atoms with Crippen molar-refractivity contribution in [1.82, 2.24) is 10.3 Å². The largest absolute Gasteiger partial charge is 0.347 e. The highest BCUT2D eigenvalue weighted by atomic mass is 32.1. The number of anilines is 1. The first-order valence-corrected chi connectivity index (χ1v) is 9.11. The van der Waals surface area contributed by atoms with Gasteiger partial charge in [0, 0.05) is 29.1 Å². The summed E-state index contributed by atoms with van der Waals surface area (Å²) in [5.74, 6) is -1.30. The normalized spacial score (nSPS) is 10.3. The third-order valence-corrected chi connectivity index (χ3v) is 5.06. The first kappa shape index (κ1) is 17.8. The van der Waals surface area contributed by atoms with Crippen molar-refractivity contribution in [2.45, 2.75) is 13.3 Å². The lowest BCUT2D eigenvalue weighted by Gasteiger charge is -2.06. The van der Waals surface area contributed by atoms with Gasteiger partial charge in [0.2, 0.25) is 0 Å². The number of carbonyl (C=O) groups excluding carboxylic acids is 2. The molecular weight excluding hydrogens is 346 g/mol. The van der Waals surface area contributed by atoms with Crippen molar-refractivity contribution in [3.63, 3.8) is 0 Å². The number of amides is 2. The Morgan fingerprint density at radius 3 is 2.31 bits per heavy atom. The fourth-order valence-corrected chi connectivity index (χ4v) is 3.51. The molecule has 5 nitrogen and oxygen atoms in total. The number of hydrogen-bond acceptors (Lipinski definition) is 4. The van der Waals surface area contributed by atoms with Crippen molar-refractivity contribution in [2.75, 3.05) is 11.9 Å². The molecule has 3 aromatic rings. The highest BCUT2D eigenvalue weighted by Gasteiger charge is 2.14. The second-order valence-electron chi connectivity index (χ2n) is 5.72. The summed E-state index contributed by atoms with van der Waals surface area (Å²) in [4.78, 5) is 29.5. The average molecular weight is 365 g/mol. The minimum absolute atomic E-state index is 0.387. The van der Waals surface area contributed by atoms with E-state index in [9.17, 15) is 9.59 Å². The van der Waals surface area contributed by atoms with Crippen molar-refractivity contribution in [3.05, 3.63) is 71.2 Å². The van der Waals surface area contributed by atoms with E-state index in [1.165, 1.54) is 0 Å². The molecule has 3 rings (SSSR count). The molecule has 0 saturated carbocycles. The molecular formula is C20H19N3O2S. The molecule has 2 amide bonds. The van der Waals surface area contributed by atoms with E-state index < -0.39 is 11.8 Å². The summed E-state index contributed by atoms with van der Waals surface area (Å²) in [6.45, 7) is 2.35. The van der Waals surface area contributed by atoms with Gasteiger partial charge in [0.25, 0.3) is 0 Å². The van der Waals surface area contributed by atoms with E-state index >= 15 is 0 Å². The van der Waals surface area contributed by atoms with Gasteiger partial charge < -0.3 is 10.6 Å². The van der Waals surface area contributed by atoms with E-state index in [0.29, 0.717) is 18.7 Å². The number of benzene rings is 2. The van der Waals surface area contributed by atoms with Gasteiger partial charge in [-0.3, -0.25) is 9.59 Å². The van der Waals surface area contributed by atoms with Crippen LogP contribution in [-0.2, 0) is 16.0 Å². The van der Waals surface area contributed by atoms with E-state index in [1.807, 2.05) is 43.3 Å². The Hall–Kier alpha value is -2.99. The van der Waals surface area contributed by atoms with E-state index in [2.05, 4.69) is 15.6 Å². The molecule has 6 heteroatoms. The molecule has 0 spiro atoms. The number of aryl methyl sites for hydroxylation is 1. The molecule has 1 aromatic heterocycles. The number of carbonyl (C=O) groups is 2. The number of nitrogens with zero attached hydrogens (tertiary/aromatic N) is 1. The number of aromatic nitrogens is 1. The quantitative estimate of drug-likeness (QED) is 0.681. The van der Waals surface area contributed by atoms with Crippen LogP contribution in [0, 0.1) is 6.92 Å². The van der Waals surface area contributed by atoms with Gasteiger partial charge in [-0.25, -0.2) is 4.98 Å². The molecule has 0 aliphatic heterocycles. The predicted molar refractivity (Wildman–Crippen MR) is 104 cm³/mol. The van der Waals surface area contributed by atoms with Gasteiger partial charge in [0.15, 0.2) is 0 Å². The summed E-state index contributed by atoms with van der Waals surface area (Å²) >= 11 is 1.61. The highest BCUT2D eigenvalue weighted by Crippen LogP contribution is 2.27. The van der Waals surface area contributed by atoms with E-state index in [-0.39, 0.29) is 0 Å². The van der Waals surface area contributed by atoms with Gasteiger partial charge in [-0.1, -0.05) is 48.5 Å². The van der Waals surface area contributed by atoms with Crippen molar-refractivity contribution in [3.8, 4) is 10.6 Å². The van der Waals surface area contributed by atoms with Crippen LogP contribution in [0.2, 0.25) is 0 Å². The molecule has 26 heavy (non-hydrogen) atoms. The highest BCUT2D eigenvalue weighted by molar-refractivity contribution is 7.15. The van der Waals surface area contributed by atoms with Crippen LogP contribution < -0.4 is 10.6 Å². The van der Waals surface area contributed by atoms with E-state index in [0.717, 1.165) is 21.1 Å². The molecule has 0 bridgehead atoms. The number of para-hydroxylation sites is 1. The van der Waals surface area contributed by atoms with Crippen molar-refractivity contribution in [1.29, 1.82) is 0 Å². The summed E-state index contributed by atoms with van der Waals surface area (Å²) in [7, 11) is 0. The predicted octanol–water partition coefficient (Wildman–Crippen LogP) is 3.42. The first-order chi connectivity index (χ1) is 12.6. The third-order valence-electron chi connectivity index (χ3n) is 3.79. The summed E-state index contributed by atoms with van der Waals surface area (Å²) in [5.41, 5.74) is 2.63. The van der Waals surface area contributed by atoms with Gasteiger partial charge in [-0.15, -0.1) is 11.3 Å². The van der Waals surface area contributed by atoms with Gasteiger partial charge in [-0.2, -0.15) is 0 Å². The molecule has 0 aliphatic rings. The fourth-order valence-electron chi connectivity index (χ4n) is 2.44. The van der Waals surface area contributed by atoms with Crippen LogP contribution in [-0.4, -0.2) is 23.3 Å². The maximum Gasteiger partial charge on any atom is 0.313 e. The molecule has 0 radical (unpaired) electrons. The van der Waals surface area contributed by atoms with Gasteiger partial charge in [-0.05, 0) is 19.1 Å². The lowest BCUT2D eigenvalue weighted by atomic mass is 10.2. The minimum Gasteiger partial charge on any atom is -0.347 e. The van der Waals surface area contributed by atoms with Crippen LogP contribution in [0.1, 0.15) is 10.6 Å². The molecule has 132 valence electrons. The number of nitrogens with one attached hydrogen (secondary N) is 2. The third kappa shape index (κ3) is 4.55. The topological polar surface area (TPSA) is 71.1 Å². The van der Waals surface area contributed by atoms with E-state index in [4.69, 9.17) is 0 Å². The van der Waals surface area contributed by atoms with E-state index in [1.54, 1.807) is 35.6 Å². The molecule has 0 fully saturated rings. The SMILES string of the molecule is Cc1nc(-c2ccccc2)sc1CCNC(=O)C(=O)Nc1ccccc1. The number of hydrogen-bond donors (Lipinski definition) is 2. The molecule has 0 unspecified atom stereocenters. The second-order valence-corrected chi connectivity index (χ2v) is 6.80. The number of rotatable bonds is 5. The Balaban J connectivity index is 1.52. The number of thiazole rings is 1. The van der Waals surface area contributed by atoms with Crippen LogP contribution >= 0.6 is 11.3 Å². The maximum atomic E-state index is 11.9. The zero-order valence-electron chi connectivity index (χ0n) is 14.4. The second kappa shape index (κ2) is 8.40. The Morgan fingerprint density at radius 1 is 0.962 bits per heavy atom. The Bertz CT molecular complexity index is 892. The molecule has 0 atom stereocenters. The van der Waals surface area contributed by atoms with Crippen LogP contribution in [0.4, 0.5) is 5.69 Å². The van der Waals surface area contributed by atoms with Crippen molar-refractivity contribution < 1.29 is 9.59 Å². The lowest BCUT2D eigenvalue weighted by molar-refractivity contribution is -0.136. The van der Waals surface area contributed by atoms with Crippen LogP contribution in [0.3, 0.4) is 0 Å². The van der Waals surface area contributed by atoms with Gasteiger partial charge in [0.05, 0.1) is 5.69 Å². The zero-order valence-corrected chi connectivity index (χ0v) is 15.2. The molecule has 2 N–H and O–H groups in total. The zero-order chi connectivity index (χ0) is 18.4. The first-order valence-electron chi connectivity index (χ1n) is 8.29. The van der Waals surface area contributed by atoms with Crippen molar-refractivity contribution in [2.24, 2.45) is 0 Å². The monoisotopic (exact) mass is 365 g/mol. The van der Waals surface area contributed by atoms with Gasteiger partial charge in [0.1, 0.15) is 5.01 Å². The smallest absolute Gasteiger partial charge is 0.313 e. The van der Waals surface area contributed by atoms with Crippen LogP contribution in [0.15, 0.2) is 60.7 Å². The summed E-state index contributed by atoms with van der Waals surface area (Å²) < 4.78 is 0. The van der Waals surface area contributed by atoms with Crippen molar-refractivity contribution >= 4 is 28.8 Å². The average Bonchev–Trinajstić information content (AvgIpc) is 3.04. The summed E-state index contributed by atoms with van der Waals surface area (Å²) in [5, 5.41) is 6.19. The van der Waals surface area contributed by atoms with Crippen LogP contribution in [0.25, 0.3) is 10.6 Å². The Kier molecular flexibility index (Phi) is 5.76. The molecule has 0 saturated heterocycles. The molecule has 2 aromatic carbocycles. The summed E-state index contributed by atoms with van der Waals surface area (Å²) in [6.07, 6.45) is 0.640. The fraction of sp³-hybridized carbons (Fsp3) is 0.150. The maximum absolute atomic E-state index is 11.9. The Labute approximate surface area is 156 Å².